The average Bonchev–Trinajstić information content (AvgIpc) is 2.67. The van der Waals surface area contributed by atoms with Crippen LogP contribution in [0, 0.1) is 0 Å². The molecule has 94 valence electrons. The largest absolute Gasteiger partial charge is 0.445 e. The minimum atomic E-state index is -0.944. The number of amides is 1. The molecule has 0 aromatic heterocycles. The van der Waals surface area contributed by atoms with Gasteiger partial charge in [-0.15, -0.1) is 0 Å². The van der Waals surface area contributed by atoms with Crippen molar-refractivity contribution in [2.75, 3.05) is 0 Å². The summed E-state index contributed by atoms with van der Waals surface area (Å²) in [6, 6.07) is 8.17. The van der Waals surface area contributed by atoms with Gasteiger partial charge in [0.25, 0.3) is 0 Å². The van der Waals surface area contributed by atoms with Crippen LogP contribution in [0.3, 0.4) is 0 Å². The Labute approximate surface area is 103 Å². The van der Waals surface area contributed by atoms with Crippen molar-refractivity contribution in [3.63, 3.8) is 0 Å². The van der Waals surface area contributed by atoms with Crippen LogP contribution in [-0.2, 0) is 25.7 Å². The third-order valence-corrected chi connectivity index (χ3v) is 2.37. The number of nitrogens with one attached hydrogen (secondary N) is 1. The first-order valence-electron chi connectivity index (χ1n) is 5.37. The molecule has 0 bridgehead atoms. The van der Waals surface area contributed by atoms with Crippen molar-refractivity contribution < 1.29 is 23.9 Å². The molecule has 1 aromatic rings. The van der Waals surface area contributed by atoms with Gasteiger partial charge in [0.2, 0.25) is 0 Å². The highest BCUT2D eigenvalue weighted by Crippen LogP contribution is 2.08. The monoisotopic (exact) mass is 249 g/mol. The van der Waals surface area contributed by atoms with Gasteiger partial charge < -0.3 is 14.8 Å². The highest BCUT2D eigenvalue weighted by Gasteiger charge is 2.34. The fourth-order valence-corrected chi connectivity index (χ4v) is 1.49. The van der Waals surface area contributed by atoms with Crippen molar-refractivity contribution in [1.29, 1.82) is 0 Å². The number of rotatable bonds is 3. The molecule has 0 radical (unpaired) electrons. The summed E-state index contributed by atoms with van der Waals surface area (Å²) in [5.74, 6) is -1.40. The Bertz CT molecular complexity index is 471. The van der Waals surface area contributed by atoms with E-state index in [-0.39, 0.29) is 13.0 Å². The molecular formula is C12H11NO5. The number of hydrogen-bond acceptors (Lipinski definition) is 5. The second-order valence-electron chi connectivity index (χ2n) is 3.76. The molecule has 1 N–H and O–H groups in total. The predicted molar refractivity (Wildman–Crippen MR) is 59.3 cm³/mol. The zero-order valence-corrected chi connectivity index (χ0v) is 9.42. The van der Waals surface area contributed by atoms with Crippen LogP contribution in [-0.4, -0.2) is 24.1 Å². The quantitative estimate of drug-likeness (QED) is 0.631. The smallest absolute Gasteiger partial charge is 0.408 e. The van der Waals surface area contributed by atoms with Gasteiger partial charge in [-0.3, -0.25) is 4.79 Å². The summed E-state index contributed by atoms with van der Waals surface area (Å²) < 4.78 is 9.19. The molecule has 1 fully saturated rings. The fraction of sp³-hybridized carbons (Fsp3) is 0.250. The van der Waals surface area contributed by atoms with E-state index in [1.807, 2.05) is 18.2 Å². The van der Waals surface area contributed by atoms with Gasteiger partial charge in [0.05, 0.1) is 6.42 Å². The lowest BCUT2D eigenvalue weighted by atomic mass is 10.2. The normalized spacial score (nSPS) is 18.3. The predicted octanol–water partition coefficient (Wildman–Crippen LogP) is 0.755. The highest BCUT2D eigenvalue weighted by molar-refractivity contribution is 5.98. The lowest BCUT2D eigenvalue weighted by Crippen LogP contribution is -2.38. The SMILES string of the molecule is O=C1CC(NC(=O)OCc2ccccc2)C(=O)O1. The first kappa shape index (κ1) is 12.1. The Hall–Kier alpha value is -2.37. The number of alkyl carbamates (subject to hydrolysis) is 1. The zero-order valence-electron chi connectivity index (χ0n) is 9.42. The Morgan fingerprint density at radius 1 is 1.33 bits per heavy atom. The van der Waals surface area contributed by atoms with Crippen LogP contribution in [0.25, 0.3) is 0 Å². The number of cyclic esters (lactones) is 2. The second kappa shape index (κ2) is 5.31. The van der Waals surface area contributed by atoms with Crippen LogP contribution in [0.4, 0.5) is 4.79 Å². The van der Waals surface area contributed by atoms with Crippen molar-refractivity contribution in [3.8, 4) is 0 Å². The minimum Gasteiger partial charge on any atom is -0.445 e. The molecule has 0 spiro atoms. The molecule has 1 saturated heterocycles. The van der Waals surface area contributed by atoms with E-state index in [1.165, 1.54) is 0 Å². The molecule has 1 aliphatic rings. The average molecular weight is 249 g/mol. The van der Waals surface area contributed by atoms with Gasteiger partial charge in [-0.25, -0.2) is 9.59 Å². The van der Waals surface area contributed by atoms with Crippen molar-refractivity contribution in [2.24, 2.45) is 0 Å². The summed E-state index contributed by atoms with van der Waals surface area (Å²) in [5, 5.41) is 2.27. The van der Waals surface area contributed by atoms with E-state index in [0.29, 0.717) is 0 Å². The molecular weight excluding hydrogens is 238 g/mol. The molecule has 1 atom stereocenters. The van der Waals surface area contributed by atoms with Crippen LogP contribution in [0.1, 0.15) is 12.0 Å². The van der Waals surface area contributed by atoms with E-state index in [2.05, 4.69) is 10.1 Å². The van der Waals surface area contributed by atoms with Crippen molar-refractivity contribution in [3.05, 3.63) is 35.9 Å². The van der Waals surface area contributed by atoms with Gasteiger partial charge in [0.1, 0.15) is 12.6 Å². The minimum absolute atomic E-state index is 0.0996. The highest BCUT2D eigenvalue weighted by atomic mass is 16.6. The summed E-state index contributed by atoms with van der Waals surface area (Å²) in [6.45, 7) is 0.0996. The van der Waals surface area contributed by atoms with Crippen LogP contribution >= 0.6 is 0 Å². The second-order valence-corrected chi connectivity index (χ2v) is 3.76. The van der Waals surface area contributed by atoms with Gasteiger partial charge in [-0.05, 0) is 5.56 Å². The summed E-state index contributed by atoms with van der Waals surface area (Å²) >= 11 is 0. The van der Waals surface area contributed by atoms with E-state index in [9.17, 15) is 14.4 Å². The Morgan fingerprint density at radius 2 is 2.06 bits per heavy atom. The molecule has 0 aliphatic carbocycles. The summed E-state index contributed by atoms with van der Waals surface area (Å²) in [4.78, 5) is 33.2. The maximum Gasteiger partial charge on any atom is 0.408 e. The lowest BCUT2D eigenvalue weighted by Gasteiger charge is -2.08. The van der Waals surface area contributed by atoms with Crippen LogP contribution < -0.4 is 5.32 Å². The van der Waals surface area contributed by atoms with Gasteiger partial charge in [-0.2, -0.15) is 0 Å². The molecule has 0 saturated carbocycles. The molecule has 1 heterocycles. The van der Waals surface area contributed by atoms with E-state index < -0.39 is 24.1 Å². The molecule has 1 amide bonds. The molecule has 6 nitrogen and oxygen atoms in total. The van der Waals surface area contributed by atoms with E-state index in [4.69, 9.17) is 4.74 Å². The summed E-state index contributed by atoms with van der Waals surface area (Å²) in [7, 11) is 0. The fourth-order valence-electron chi connectivity index (χ4n) is 1.49. The number of benzene rings is 1. The number of hydrogen-bond donors (Lipinski definition) is 1. The van der Waals surface area contributed by atoms with Crippen LogP contribution in [0.5, 0.6) is 0 Å². The van der Waals surface area contributed by atoms with E-state index in [1.54, 1.807) is 12.1 Å². The maximum atomic E-state index is 11.4. The Kier molecular flexibility index (Phi) is 3.57. The molecule has 18 heavy (non-hydrogen) atoms. The van der Waals surface area contributed by atoms with Crippen molar-refractivity contribution in [2.45, 2.75) is 19.1 Å². The number of esters is 2. The number of carbonyl (C=O) groups excluding carboxylic acids is 3. The lowest BCUT2D eigenvalue weighted by molar-refractivity contribution is -0.152. The topological polar surface area (TPSA) is 81.7 Å². The first-order valence-corrected chi connectivity index (χ1v) is 5.37. The summed E-state index contributed by atoms with van der Waals surface area (Å²) in [6.07, 6.45) is -0.908. The molecule has 1 aliphatic heterocycles. The Morgan fingerprint density at radius 3 is 2.67 bits per heavy atom. The zero-order chi connectivity index (χ0) is 13.0. The van der Waals surface area contributed by atoms with Crippen LogP contribution in [0.15, 0.2) is 30.3 Å². The molecule has 1 aromatic carbocycles. The third-order valence-electron chi connectivity index (χ3n) is 2.37. The Balaban J connectivity index is 1.79. The molecule has 1 unspecified atom stereocenters. The van der Waals surface area contributed by atoms with Gasteiger partial charge in [0, 0.05) is 0 Å². The third kappa shape index (κ3) is 3.07. The van der Waals surface area contributed by atoms with Gasteiger partial charge in [0.15, 0.2) is 0 Å². The van der Waals surface area contributed by atoms with Crippen molar-refractivity contribution >= 4 is 18.0 Å². The number of ether oxygens (including phenoxy) is 2. The van der Waals surface area contributed by atoms with E-state index >= 15 is 0 Å². The molecule has 6 heteroatoms. The van der Waals surface area contributed by atoms with E-state index in [0.717, 1.165) is 5.56 Å². The van der Waals surface area contributed by atoms with Crippen molar-refractivity contribution in [1.82, 2.24) is 5.32 Å². The summed E-state index contributed by atoms with van der Waals surface area (Å²) in [5.41, 5.74) is 0.831. The maximum absolute atomic E-state index is 11.4. The van der Waals surface area contributed by atoms with Gasteiger partial charge in [-0.1, -0.05) is 30.3 Å². The van der Waals surface area contributed by atoms with Gasteiger partial charge >= 0.3 is 18.0 Å². The molecule has 2 rings (SSSR count). The number of carbonyl (C=O) groups is 3. The first-order chi connectivity index (χ1) is 8.65. The van der Waals surface area contributed by atoms with Crippen LogP contribution in [0.2, 0.25) is 0 Å². The standard InChI is InChI=1S/C12H11NO5/c14-10-6-9(11(15)18-10)13-12(16)17-7-8-4-2-1-3-5-8/h1-5,9H,6-7H2,(H,13,16).